The standard InChI is InChI=1S/C13H18ClNO4S/c1-2-11-9-19-6-5-15(11)20(17,18)13-7-10(8-16)3-4-12(13)14/h3-4,7,11,16H,2,5-6,8-9H2,1H3. The Labute approximate surface area is 124 Å². The van der Waals surface area contributed by atoms with Crippen LogP contribution in [0.2, 0.25) is 5.02 Å². The van der Waals surface area contributed by atoms with Crippen LogP contribution in [-0.4, -0.2) is 43.6 Å². The van der Waals surface area contributed by atoms with E-state index in [1.165, 1.54) is 16.4 Å². The molecule has 0 radical (unpaired) electrons. The van der Waals surface area contributed by atoms with Gasteiger partial charge in [-0.25, -0.2) is 8.42 Å². The van der Waals surface area contributed by atoms with Gasteiger partial charge in [-0.3, -0.25) is 0 Å². The second kappa shape index (κ2) is 6.41. The highest BCUT2D eigenvalue weighted by Crippen LogP contribution is 2.28. The first-order valence-corrected chi connectivity index (χ1v) is 8.31. The van der Waals surface area contributed by atoms with E-state index in [0.717, 1.165) is 0 Å². The highest BCUT2D eigenvalue weighted by molar-refractivity contribution is 7.89. The van der Waals surface area contributed by atoms with Gasteiger partial charge in [0.1, 0.15) is 4.90 Å². The summed E-state index contributed by atoms with van der Waals surface area (Å²) in [7, 11) is -3.68. The van der Waals surface area contributed by atoms with Gasteiger partial charge in [0.25, 0.3) is 0 Å². The van der Waals surface area contributed by atoms with Gasteiger partial charge < -0.3 is 9.84 Å². The summed E-state index contributed by atoms with van der Waals surface area (Å²) in [5.74, 6) is 0. The second-order valence-corrected chi connectivity index (χ2v) is 6.94. The summed E-state index contributed by atoms with van der Waals surface area (Å²) in [6, 6.07) is 4.36. The van der Waals surface area contributed by atoms with Gasteiger partial charge in [-0.15, -0.1) is 0 Å². The van der Waals surface area contributed by atoms with E-state index in [4.69, 9.17) is 21.4 Å². The van der Waals surface area contributed by atoms with Gasteiger partial charge >= 0.3 is 0 Å². The maximum atomic E-state index is 12.7. The molecular weight excluding hydrogens is 302 g/mol. The summed E-state index contributed by atoms with van der Waals surface area (Å²) in [5.41, 5.74) is 0.522. The maximum absolute atomic E-state index is 12.7. The van der Waals surface area contributed by atoms with E-state index < -0.39 is 10.0 Å². The minimum absolute atomic E-state index is 0.0473. The van der Waals surface area contributed by atoms with Crippen LogP contribution in [0.3, 0.4) is 0 Å². The molecule has 0 aromatic heterocycles. The number of hydrogen-bond donors (Lipinski definition) is 1. The zero-order chi connectivity index (χ0) is 14.8. The normalized spacial score (nSPS) is 21.1. The zero-order valence-electron chi connectivity index (χ0n) is 11.3. The lowest BCUT2D eigenvalue weighted by atomic mass is 10.2. The Kier molecular flexibility index (Phi) is 5.04. The van der Waals surface area contributed by atoms with Gasteiger partial charge in [0.15, 0.2) is 0 Å². The summed E-state index contributed by atoms with van der Waals surface area (Å²) >= 11 is 6.03. The Hall–Kier alpha value is -0.660. The van der Waals surface area contributed by atoms with Gasteiger partial charge in [0.05, 0.1) is 24.8 Å². The summed E-state index contributed by atoms with van der Waals surface area (Å²) in [6.45, 7) is 2.80. The number of aliphatic hydroxyl groups is 1. The third-order valence-corrected chi connectivity index (χ3v) is 5.84. The van der Waals surface area contributed by atoms with Crippen LogP contribution in [-0.2, 0) is 21.4 Å². The molecule has 1 aliphatic heterocycles. The molecule has 0 aliphatic carbocycles. The topological polar surface area (TPSA) is 66.8 Å². The number of sulfonamides is 1. The number of morpholine rings is 1. The first kappa shape index (κ1) is 15.7. The number of benzene rings is 1. The molecule has 0 spiro atoms. The molecule has 1 unspecified atom stereocenters. The number of ether oxygens (including phenoxy) is 1. The Morgan fingerprint density at radius 2 is 2.25 bits per heavy atom. The Balaban J connectivity index is 2.43. The molecule has 1 N–H and O–H groups in total. The predicted molar refractivity (Wildman–Crippen MR) is 76.2 cm³/mol. The van der Waals surface area contributed by atoms with Crippen LogP contribution in [0, 0.1) is 0 Å². The minimum Gasteiger partial charge on any atom is -0.392 e. The molecule has 0 amide bonds. The van der Waals surface area contributed by atoms with Crippen LogP contribution in [0.5, 0.6) is 0 Å². The molecule has 1 aromatic rings. The van der Waals surface area contributed by atoms with Crippen LogP contribution < -0.4 is 0 Å². The quantitative estimate of drug-likeness (QED) is 0.916. The monoisotopic (exact) mass is 319 g/mol. The summed E-state index contributed by atoms with van der Waals surface area (Å²) in [6.07, 6.45) is 0.677. The van der Waals surface area contributed by atoms with Gasteiger partial charge in [-0.2, -0.15) is 4.31 Å². The van der Waals surface area contributed by atoms with Gasteiger partial charge in [0.2, 0.25) is 10.0 Å². The second-order valence-electron chi connectivity index (χ2n) is 4.68. The SMILES string of the molecule is CCC1COCCN1S(=O)(=O)c1cc(CO)ccc1Cl. The number of hydrogen-bond acceptors (Lipinski definition) is 4. The van der Waals surface area contributed by atoms with Gasteiger partial charge in [0, 0.05) is 12.6 Å². The fourth-order valence-electron chi connectivity index (χ4n) is 2.25. The van der Waals surface area contributed by atoms with E-state index in [1.807, 2.05) is 6.92 Å². The number of aliphatic hydroxyl groups excluding tert-OH is 1. The smallest absolute Gasteiger partial charge is 0.244 e. The van der Waals surface area contributed by atoms with Crippen LogP contribution in [0.1, 0.15) is 18.9 Å². The molecule has 7 heteroatoms. The van der Waals surface area contributed by atoms with E-state index in [2.05, 4.69) is 0 Å². The molecule has 112 valence electrons. The number of halogens is 1. The van der Waals surface area contributed by atoms with Crippen molar-refractivity contribution in [2.45, 2.75) is 30.9 Å². The van der Waals surface area contributed by atoms with Crippen LogP contribution in [0.25, 0.3) is 0 Å². The van der Waals surface area contributed by atoms with Gasteiger partial charge in [-0.1, -0.05) is 24.6 Å². The van der Waals surface area contributed by atoms with Crippen molar-refractivity contribution in [1.82, 2.24) is 4.31 Å². The minimum atomic E-state index is -3.68. The van der Waals surface area contributed by atoms with E-state index in [1.54, 1.807) is 6.07 Å². The average molecular weight is 320 g/mol. The van der Waals surface area contributed by atoms with E-state index in [-0.39, 0.29) is 22.6 Å². The van der Waals surface area contributed by atoms with Crippen LogP contribution in [0.15, 0.2) is 23.1 Å². The van der Waals surface area contributed by atoms with E-state index in [0.29, 0.717) is 31.7 Å². The lowest BCUT2D eigenvalue weighted by molar-refractivity contribution is 0.0314. The van der Waals surface area contributed by atoms with Gasteiger partial charge in [-0.05, 0) is 24.1 Å². The molecule has 1 aromatic carbocycles. The molecule has 2 rings (SSSR count). The Bertz CT molecular complexity index is 576. The molecule has 5 nitrogen and oxygen atoms in total. The van der Waals surface area contributed by atoms with Crippen LogP contribution >= 0.6 is 11.6 Å². The molecule has 0 bridgehead atoms. The van der Waals surface area contributed by atoms with E-state index in [9.17, 15) is 8.42 Å². The zero-order valence-corrected chi connectivity index (χ0v) is 12.8. The molecule has 1 saturated heterocycles. The van der Waals surface area contributed by atoms with Crippen molar-refractivity contribution in [3.63, 3.8) is 0 Å². The highest BCUT2D eigenvalue weighted by Gasteiger charge is 2.34. The van der Waals surface area contributed by atoms with Crippen molar-refractivity contribution >= 4 is 21.6 Å². The fourth-order valence-corrected chi connectivity index (χ4v) is 4.44. The molecule has 1 fully saturated rings. The van der Waals surface area contributed by atoms with E-state index >= 15 is 0 Å². The molecular formula is C13H18ClNO4S. The molecule has 20 heavy (non-hydrogen) atoms. The van der Waals surface area contributed by atoms with Crippen molar-refractivity contribution < 1.29 is 18.3 Å². The Morgan fingerprint density at radius 3 is 2.90 bits per heavy atom. The third-order valence-electron chi connectivity index (χ3n) is 3.41. The van der Waals surface area contributed by atoms with Crippen LogP contribution in [0.4, 0.5) is 0 Å². The number of nitrogens with zero attached hydrogens (tertiary/aromatic N) is 1. The molecule has 1 atom stereocenters. The van der Waals surface area contributed by atoms with Crippen molar-refractivity contribution in [2.24, 2.45) is 0 Å². The van der Waals surface area contributed by atoms with Crippen molar-refractivity contribution in [3.8, 4) is 0 Å². The molecule has 1 heterocycles. The summed E-state index contributed by atoms with van der Waals surface area (Å²) in [5, 5.41) is 9.33. The van der Waals surface area contributed by atoms with Crippen molar-refractivity contribution in [3.05, 3.63) is 28.8 Å². The third kappa shape index (κ3) is 2.99. The first-order valence-electron chi connectivity index (χ1n) is 6.49. The lowest BCUT2D eigenvalue weighted by Crippen LogP contribution is -2.48. The largest absolute Gasteiger partial charge is 0.392 e. The molecule has 0 saturated carbocycles. The number of rotatable bonds is 4. The summed E-state index contributed by atoms with van der Waals surface area (Å²) in [4.78, 5) is 0.0473. The lowest BCUT2D eigenvalue weighted by Gasteiger charge is -2.34. The predicted octanol–water partition coefficient (Wildman–Crippen LogP) is 1.63. The summed E-state index contributed by atoms with van der Waals surface area (Å²) < 4.78 is 32.3. The molecule has 1 aliphatic rings. The fraction of sp³-hybridized carbons (Fsp3) is 0.538. The maximum Gasteiger partial charge on any atom is 0.244 e. The Morgan fingerprint density at radius 1 is 1.50 bits per heavy atom. The average Bonchev–Trinajstić information content (AvgIpc) is 2.47. The first-order chi connectivity index (χ1) is 9.50. The highest BCUT2D eigenvalue weighted by atomic mass is 35.5. The van der Waals surface area contributed by atoms with Crippen molar-refractivity contribution in [2.75, 3.05) is 19.8 Å². The van der Waals surface area contributed by atoms with Crippen molar-refractivity contribution in [1.29, 1.82) is 0 Å².